The summed E-state index contributed by atoms with van der Waals surface area (Å²) in [5.41, 5.74) is 2.28. The molecule has 0 unspecified atom stereocenters. The third kappa shape index (κ3) is 2.81. The summed E-state index contributed by atoms with van der Waals surface area (Å²) in [4.78, 5) is 25.6. The number of hydrogen-bond donors (Lipinski definition) is 1. The zero-order valence-corrected chi connectivity index (χ0v) is 11.2. The van der Waals surface area contributed by atoms with E-state index >= 15 is 0 Å². The average molecular weight is 260 g/mol. The Bertz CT molecular complexity index is 629. The molecule has 0 atom stereocenters. The number of oxazole rings is 1. The smallest absolute Gasteiger partial charge is 0.284 e. The van der Waals surface area contributed by atoms with Gasteiger partial charge < -0.3 is 9.73 Å². The lowest BCUT2D eigenvalue weighted by molar-refractivity contribution is -0.131. The molecule has 0 bridgehead atoms. The maximum Gasteiger partial charge on any atom is 0.284 e. The number of benzene rings is 1. The van der Waals surface area contributed by atoms with Gasteiger partial charge in [-0.15, -0.1) is 0 Å². The van der Waals surface area contributed by atoms with Gasteiger partial charge in [-0.05, 0) is 17.7 Å². The van der Waals surface area contributed by atoms with Crippen LogP contribution < -0.4 is 5.32 Å². The van der Waals surface area contributed by atoms with Crippen LogP contribution in [0.4, 0.5) is 0 Å². The highest BCUT2D eigenvalue weighted by atomic mass is 16.3. The van der Waals surface area contributed by atoms with Gasteiger partial charge in [-0.25, -0.2) is 4.98 Å². The van der Waals surface area contributed by atoms with Crippen LogP contribution in [0.2, 0.25) is 0 Å². The minimum atomic E-state index is -0.605. The number of carbonyl (C=O) groups excluding carboxylic acids is 2. The summed E-state index contributed by atoms with van der Waals surface area (Å²) in [7, 11) is 0. The van der Waals surface area contributed by atoms with Gasteiger partial charge in [0.2, 0.25) is 6.29 Å². The molecule has 5 nitrogen and oxygen atoms in total. The molecule has 0 saturated heterocycles. The van der Waals surface area contributed by atoms with E-state index < -0.39 is 5.91 Å². The van der Waals surface area contributed by atoms with Crippen LogP contribution in [0, 0.1) is 6.92 Å². The standard InChI is InChI=1S/C14H16N2O3/c1-9-16-11-6-10(4-5-12(11)19-9)14(2,3)8-15-13(18)7-17/h4-7H,8H2,1-3H3,(H,15,18). The number of amides is 1. The molecule has 5 heteroatoms. The van der Waals surface area contributed by atoms with Crippen molar-refractivity contribution < 1.29 is 14.0 Å². The van der Waals surface area contributed by atoms with Gasteiger partial charge in [0.15, 0.2) is 11.5 Å². The highest BCUT2D eigenvalue weighted by Crippen LogP contribution is 2.26. The highest BCUT2D eigenvalue weighted by molar-refractivity contribution is 6.23. The maximum absolute atomic E-state index is 11.0. The molecule has 1 aromatic carbocycles. The first-order valence-electron chi connectivity index (χ1n) is 6.03. The van der Waals surface area contributed by atoms with Crippen molar-refractivity contribution in [1.29, 1.82) is 0 Å². The van der Waals surface area contributed by atoms with Gasteiger partial charge in [-0.3, -0.25) is 9.59 Å². The first-order chi connectivity index (χ1) is 8.92. The van der Waals surface area contributed by atoms with Crippen molar-refractivity contribution in [3.8, 4) is 0 Å². The molecule has 2 rings (SSSR count). The van der Waals surface area contributed by atoms with Crippen LogP contribution >= 0.6 is 0 Å². The Morgan fingerprint density at radius 1 is 1.47 bits per heavy atom. The Morgan fingerprint density at radius 3 is 2.89 bits per heavy atom. The van der Waals surface area contributed by atoms with Crippen molar-refractivity contribution in [3.63, 3.8) is 0 Å². The van der Waals surface area contributed by atoms with E-state index in [1.165, 1.54) is 0 Å². The predicted molar refractivity (Wildman–Crippen MR) is 70.8 cm³/mol. The molecule has 19 heavy (non-hydrogen) atoms. The lowest BCUT2D eigenvalue weighted by atomic mass is 9.84. The van der Waals surface area contributed by atoms with Gasteiger partial charge in [0.25, 0.3) is 5.91 Å². The van der Waals surface area contributed by atoms with Crippen molar-refractivity contribution in [3.05, 3.63) is 29.7 Å². The Morgan fingerprint density at radius 2 is 2.21 bits per heavy atom. The van der Waals surface area contributed by atoms with Crippen LogP contribution in [0.5, 0.6) is 0 Å². The van der Waals surface area contributed by atoms with Crippen LogP contribution in [0.25, 0.3) is 11.1 Å². The molecule has 100 valence electrons. The molecule has 0 saturated carbocycles. The van der Waals surface area contributed by atoms with Crippen LogP contribution in [-0.4, -0.2) is 23.7 Å². The summed E-state index contributed by atoms with van der Waals surface area (Å²) in [6.07, 6.45) is 0.278. The topological polar surface area (TPSA) is 72.2 Å². The lowest BCUT2D eigenvalue weighted by Gasteiger charge is -2.25. The summed E-state index contributed by atoms with van der Waals surface area (Å²) >= 11 is 0. The van der Waals surface area contributed by atoms with Crippen molar-refractivity contribution in [2.75, 3.05) is 6.54 Å². The van der Waals surface area contributed by atoms with Crippen LogP contribution in [0.1, 0.15) is 25.3 Å². The minimum Gasteiger partial charge on any atom is -0.441 e. The number of aldehydes is 1. The van der Waals surface area contributed by atoms with Crippen molar-refractivity contribution in [2.24, 2.45) is 0 Å². The van der Waals surface area contributed by atoms with Gasteiger partial charge in [0.1, 0.15) is 5.52 Å². The van der Waals surface area contributed by atoms with Gasteiger partial charge in [-0.2, -0.15) is 0 Å². The molecule has 1 aromatic heterocycles. The first kappa shape index (κ1) is 13.3. The molecule has 2 aromatic rings. The Hall–Kier alpha value is -2.17. The van der Waals surface area contributed by atoms with E-state index in [2.05, 4.69) is 10.3 Å². The summed E-state index contributed by atoms with van der Waals surface area (Å²) in [6.45, 7) is 6.17. The number of hydrogen-bond acceptors (Lipinski definition) is 4. The van der Waals surface area contributed by atoms with E-state index in [0.717, 1.165) is 16.7 Å². The number of nitrogens with zero attached hydrogens (tertiary/aromatic N) is 1. The zero-order chi connectivity index (χ0) is 14.0. The quantitative estimate of drug-likeness (QED) is 0.671. The zero-order valence-electron chi connectivity index (χ0n) is 11.2. The molecule has 1 heterocycles. The van der Waals surface area contributed by atoms with Gasteiger partial charge in [0.05, 0.1) is 0 Å². The number of rotatable bonds is 4. The summed E-state index contributed by atoms with van der Waals surface area (Å²) in [6, 6.07) is 5.76. The van der Waals surface area contributed by atoms with Crippen molar-refractivity contribution >= 4 is 23.3 Å². The number of carbonyl (C=O) groups is 2. The third-order valence-corrected chi connectivity index (χ3v) is 3.09. The summed E-state index contributed by atoms with van der Waals surface area (Å²) in [5, 5.41) is 2.57. The normalized spacial score (nSPS) is 11.5. The van der Waals surface area contributed by atoms with Crippen LogP contribution in [0.15, 0.2) is 22.6 Å². The minimum absolute atomic E-state index is 0.278. The number of nitrogens with one attached hydrogen (secondary N) is 1. The molecular weight excluding hydrogens is 244 g/mol. The first-order valence-corrected chi connectivity index (χ1v) is 6.03. The second-order valence-electron chi connectivity index (χ2n) is 5.13. The fraction of sp³-hybridized carbons (Fsp3) is 0.357. The SMILES string of the molecule is Cc1nc2cc(C(C)(C)CNC(=O)C=O)ccc2o1. The number of aromatic nitrogens is 1. The van der Waals surface area contributed by atoms with E-state index in [-0.39, 0.29) is 11.7 Å². The van der Waals surface area contributed by atoms with Crippen molar-refractivity contribution in [1.82, 2.24) is 10.3 Å². The summed E-state index contributed by atoms with van der Waals surface area (Å²) < 4.78 is 5.42. The highest BCUT2D eigenvalue weighted by Gasteiger charge is 2.22. The number of aryl methyl sites for hydroxylation is 1. The predicted octanol–water partition coefficient (Wildman–Crippen LogP) is 1.73. The molecule has 0 aliphatic heterocycles. The fourth-order valence-electron chi connectivity index (χ4n) is 1.92. The van der Waals surface area contributed by atoms with E-state index in [9.17, 15) is 9.59 Å². The largest absolute Gasteiger partial charge is 0.441 e. The molecule has 0 spiro atoms. The van der Waals surface area contributed by atoms with Crippen LogP contribution in [0.3, 0.4) is 0 Å². The summed E-state index contributed by atoms with van der Waals surface area (Å²) in [5.74, 6) is 0.0191. The van der Waals surface area contributed by atoms with E-state index in [1.54, 1.807) is 6.92 Å². The third-order valence-electron chi connectivity index (χ3n) is 3.09. The van der Waals surface area contributed by atoms with E-state index in [4.69, 9.17) is 4.42 Å². The molecule has 0 aliphatic carbocycles. The molecule has 0 aliphatic rings. The van der Waals surface area contributed by atoms with Crippen LogP contribution in [-0.2, 0) is 15.0 Å². The Labute approximate surface area is 111 Å². The second-order valence-corrected chi connectivity index (χ2v) is 5.13. The Kier molecular flexibility index (Phi) is 3.38. The van der Waals surface area contributed by atoms with E-state index in [1.807, 2.05) is 32.0 Å². The lowest BCUT2D eigenvalue weighted by Crippen LogP contribution is -2.37. The second kappa shape index (κ2) is 4.84. The molecule has 0 radical (unpaired) electrons. The molecular formula is C14H16N2O3. The fourth-order valence-corrected chi connectivity index (χ4v) is 1.92. The van der Waals surface area contributed by atoms with Gasteiger partial charge in [0, 0.05) is 18.9 Å². The maximum atomic E-state index is 11.0. The monoisotopic (exact) mass is 260 g/mol. The van der Waals surface area contributed by atoms with Crippen molar-refractivity contribution in [2.45, 2.75) is 26.2 Å². The molecule has 0 fully saturated rings. The number of fused-ring (bicyclic) bond motifs is 1. The van der Waals surface area contributed by atoms with Gasteiger partial charge in [-0.1, -0.05) is 19.9 Å². The Balaban J connectivity index is 2.25. The average Bonchev–Trinajstić information content (AvgIpc) is 2.74. The van der Waals surface area contributed by atoms with E-state index in [0.29, 0.717) is 12.4 Å². The molecule has 1 N–H and O–H groups in total. The van der Waals surface area contributed by atoms with Gasteiger partial charge >= 0.3 is 0 Å². The molecule has 1 amide bonds.